The van der Waals surface area contributed by atoms with Gasteiger partial charge in [-0.1, -0.05) is 30.1 Å². The number of hydrogen-bond donors (Lipinski definition) is 0. The van der Waals surface area contributed by atoms with Crippen molar-refractivity contribution >= 4 is 5.91 Å². The molecule has 2 aliphatic rings. The fourth-order valence-corrected chi connectivity index (χ4v) is 4.52. The Morgan fingerprint density at radius 1 is 1.23 bits per heavy atom. The first-order chi connectivity index (χ1) is 12.6. The highest BCUT2D eigenvalue weighted by molar-refractivity contribution is 5.88. The molecule has 1 aromatic carbocycles. The smallest absolute Gasteiger partial charge is 0.233 e. The van der Waals surface area contributed by atoms with Gasteiger partial charge in [0, 0.05) is 13.1 Å². The van der Waals surface area contributed by atoms with Crippen molar-refractivity contribution < 1.29 is 13.7 Å². The molecular formula is C20H24FN3O2. The highest BCUT2D eigenvalue weighted by Crippen LogP contribution is 2.43. The minimum absolute atomic E-state index is 0.0978. The number of aromatic nitrogens is 2. The predicted octanol–water partition coefficient (Wildman–Crippen LogP) is 3.74. The summed E-state index contributed by atoms with van der Waals surface area (Å²) in [5.74, 6) is 1.26. The largest absolute Gasteiger partial charge is 0.341 e. The third kappa shape index (κ3) is 3.02. The van der Waals surface area contributed by atoms with Crippen LogP contribution in [-0.4, -0.2) is 34.0 Å². The van der Waals surface area contributed by atoms with Crippen LogP contribution in [0.3, 0.4) is 0 Å². The van der Waals surface area contributed by atoms with Crippen molar-refractivity contribution in [2.24, 2.45) is 0 Å². The lowest BCUT2D eigenvalue weighted by Gasteiger charge is -2.38. The van der Waals surface area contributed by atoms with Crippen molar-refractivity contribution in [2.45, 2.75) is 56.8 Å². The fraction of sp³-hybridized carbons (Fsp3) is 0.550. The van der Waals surface area contributed by atoms with Gasteiger partial charge in [-0.15, -0.1) is 0 Å². The molecule has 1 aliphatic heterocycles. The van der Waals surface area contributed by atoms with Gasteiger partial charge in [-0.3, -0.25) is 4.79 Å². The van der Waals surface area contributed by atoms with E-state index in [0.29, 0.717) is 18.3 Å². The molecule has 0 spiro atoms. The maximum atomic E-state index is 13.6. The lowest BCUT2D eigenvalue weighted by molar-refractivity contribution is -0.138. The van der Waals surface area contributed by atoms with Crippen molar-refractivity contribution in [3.05, 3.63) is 47.4 Å². The fourth-order valence-electron chi connectivity index (χ4n) is 4.52. The first kappa shape index (κ1) is 17.2. The zero-order valence-corrected chi connectivity index (χ0v) is 15.1. The van der Waals surface area contributed by atoms with Gasteiger partial charge in [0.15, 0.2) is 5.82 Å². The number of aryl methyl sites for hydroxylation is 1. The molecule has 1 saturated heterocycles. The molecule has 138 valence electrons. The van der Waals surface area contributed by atoms with Crippen LogP contribution in [0.15, 0.2) is 28.8 Å². The number of rotatable bonds is 3. The molecule has 5 nitrogen and oxygen atoms in total. The zero-order chi connectivity index (χ0) is 18.1. The molecular weight excluding hydrogens is 333 g/mol. The summed E-state index contributed by atoms with van der Waals surface area (Å²) in [5.41, 5.74) is 0.428. The molecule has 1 aromatic heterocycles. The van der Waals surface area contributed by atoms with Crippen LogP contribution in [0, 0.1) is 12.7 Å². The van der Waals surface area contributed by atoms with Crippen LogP contribution < -0.4 is 0 Å². The average Bonchev–Trinajstić information content (AvgIpc) is 3.32. The Bertz CT molecular complexity index is 781. The monoisotopic (exact) mass is 357 g/mol. The molecule has 0 bridgehead atoms. The van der Waals surface area contributed by atoms with Gasteiger partial charge in [0.1, 0.15) is 5.82 Å². The Labute approximate surface area is 152 Å². The van der Waals surface area contributed by atoms with Crippen molar-refractivity contribution in [1.29, 1.82) is 0 Å². The van der Waals surface area contributed by atoms with E-state index in [-0.39, 0.29) is 17.6 Å². The van der Waals surface area contributed by atoms with Crippen molar-refractivity contribution in [2.75, 3.05) is 13.1 Å². The van der Waals surface area contributed by atoms with Gasteiger partial charge in [-0.25, -0.2) is 4.39 Å². The highest BCUT2D eigenvalue weighted by Gasteiger charge is 2.46. The first-order valence-electron chi connectivity index (χ1n) is 9.44. The number of piperidine rings is 1. The number of carbonyl (C=O) groups excluding carboxylic acids is 1. The minimum Gasteiger partial charge on any atom is -0.341 e. The summed E-state index contributed by atoms with van der Waals surface area (Å²) in [7, 11) is 0. The first-order valence-corrected chi connectivity index (χ1v) is 9.44. The third-order valence-electron chi connectivity index (χ3n) is 5.86. The molecule has 1 saturated carbocycles. The van der Waals surface area contributed by atoms with Crippen LogP contribution in [-0.2, 0) is 10.2 Å². The van der Waals surface area contributed by atoms with E-state index in [1.54, 1.807) is 19.1 Å². The van der Waals surface area contributed by atoms with Gasteiger partial charge >= 0.3 is 0 Å². The van der Waals surface area contributed by atoms with Crippen LogP contribution in [0.5, 0.6) is 0 Å². The molecule has 2 heterocycles. The Morgan fingerprint density at radius 2 is 1.96 bits per heavy atom. The van der Waals surface area contributed by atoms with E-state index in [1.807, 2.05) is 4.90 Å². The SMILES string of the molecule is Cc1noc(C2CCCN(C(=O)C3(c4ccc(F)cc4)CCCC3)C2)n1. The van der Waals surface area contributed by atoms with E-state index >= 15 is 0 Å². The number of benzene rings is 1. The maximum absolute atomic E-state index is 13.6. The molecule has 26 heavy (non-hydrogen) atoms. The van der Waals surface area contributed by atoms with E-state index < -0.39 is 5.41 Å². The number of amides is 1. The average molecular weight is 357 g/mol. The molecule has 1 aliphatic carbocycles. The summed E-state index contributed by atoms with van der Waals surface area (Å²) in [6, 6.07) is 6.48. The summed E-state index contributed by atoms with van der Waals surface area (Å²) in [6.07, 6.45) is 5.61. The van der Waals surface area contributed by atoms with Crippen molar-refractivity contribution in [3.63, 3.8) is 0 Å². The molecule has 2 aromatic rings. The molecule has 1 amide bonds. The maximum Gasteiger partial charge on any atom is 0.233 e. The van der Waals surface area contributed by atoms with Gasteiger partial charge in [0.05, 0.1) is 11.3 Å². The van der Waals surface area contributed by atoms with E-state index in [1.165, 1.54) is 12.1 Å². The second kappa shape index (κ2) is 6.82. The number of nitrogens with zero attached hydrogens (tertiary/aromatic N) is 3. The van der Waals surface area contributed by atoms with Crippen LogP contribution in [0.1, 0.15) is 61.7 Å². The summed E-state index contributed by atoms with van der Waals surface area (Å²) in [5, 5.41) is 3.88. The van der Waals surface area contributed by atoms with Gasteiger partial charge in [0.2, 0.25) is 11.8 Å². The minimum atomic E-state index is -0.514. The molecule has 4 rings (SSSR count). The number of carbonyl (C=O) groups is 1. The normalized spacial score (nSPS) is 22.5. The second-order valence-corrected chi connectivity index (χ2v) is 7.57. The number of hydrogen-bond acceptors (Lipinski definition) is 4. The number of likely N-dealkylation sites (tertiary alicyclic amines) is 1. The lowest BCUT2D eigenvalue weighted by Crippen LogP contribution is -2.49. The topological polar surface area (TPSA) is 59.2 Å². The van der Waals surface area contributed by atoms with Gasteiger partial charge < -0.3 is 9.42 Å². The van der Waals surface area contributed by atoms with Gasteiger partial charge in [-0.2, -0.15) is 4.98 Å². The molecule has 2 fully saturated rings. The zero-order valence-electron chi connectivity index (χ0n) is 15.1. The Hall–Kier alpha value is -2.24. The quantitative estimate of drug-likeness (QED) is 0.840. The number of halogens is 1. The molecule has 1 unspecified atom stereocenters. The summed E-state index contributed by atoms with van der Waals surface area (Å²) < 4.78 is 18.7. The Kier molecular flexibility index (Phi) is 4.51. The predicted molar refractivity (Wildman–Crippen MR) is 94.1 cm³/mol. The molecule has 6 heteroatoms. The highest BCUT2D eigenvalue weighted by atomic mass is 19.1. The van der Waals surface area contributed by atoms with Crippen molar-refractivity contribution in [1.82, 2.24) is 15.0 Å². The van der Waals surface area contributed by atoms with E-state index in [0.717, 1.165) is 50.6 Å². The standard InChI is InChI=1S/C20H24FN3O2/c1-14-22-18(26-23-14)15-5-4-12-24(13-15)19(25)20(10-2-3-11-20)16-6-8-17(21)9-7-16/h6-9,15H,2-5,10-13H2,1H3. The summed E-state index contributed by atoms with van der Waals surface area (Å²) >= 11 is 0. The van der Waals surface area contributed by atoms with E-state index in [4.69, 9.17) is 4.52 Å². The van der Waals surface area contributed by atoms with Crippen LogP contribution in [0.2, 0.25) is 0 Å². The van der Waals surface area contributed by atoms with Crippen LogP contribution >= 0.6 is 0 Å². The van der Waals surface area contributed by atoms with Gasteiger partial charge in [-0.05, 0) is 50.3 Å². The lowest BCUT2D eigenvalue weighted by atomic mass is 9.77. The molecule has 1 atom stereocenters. The van der Waals surface area contributed by atoms with Crippen molar-refractivity contribution in [3.8, 4) is 0 Å². The summed E-state index contributed by atoms with van der Waals surface area (Å²) in [4.78, 5) is 19.9. The van der Waals surface area contributed by atoms with Crippen LogP contribution in [0.4, 0.5) is 4.39 Å². The van der Waals surface area contributed by atoms with E-state index in [2.05, 4.69) is 10.1 Å². The van der Waals surface area contributed by atoms with Gasteiger partial charge in [0.25, 0.3) is 0 Å². The molecule has 0 radical (unpaired) electrons. The second-order valence-electron chi connectivity index (χ2n) is 7.57. The van der Waals surface area contributed by atoms with E-state index in [9.17, 15) is 9.18 Å². The van der Waals surface area contributed by atoms with Crippen LogP contribution in [0.25, 0.3) is 0 Å². The summed E-state index contributed by atoms with van der Waals surface area (Å²) in [6.45, 7) is 3.18. The Morgan fingerprint density at radius 3 is 2.62 bits per heavy atom. The third-order valence-corrected chi connectivity index (χ3v) is 5.86. The molecule has 0 N–H and O–H groups in total. The Balaban J connectivity index is 1.58.